The van der Waals surface area contributed by atoms with E-state index in [1.807, 2.05) is 0 Å². The quantitative estimate of drug-likeness (QED) is 0.262. The van der Waals surface area contributed by atoms with Crippen LogP contribution in [0.5, 0.6) is 0 Å². The van der Waals surface area contributed by atoms with E-state index < -0.39 is 0 Å². The molecular formula is C36H56N2O2. The summed E-state index contributed by atoms with van der Waals surface area (Å²) in [7, 11) is 0. The first kappa shape index (κ1) is 33.6. The average molecular weight is 549 g/mol. The Labute approximate surface area is 245 Å². The summed E-state index contributed by atoms with van der Waals surface area (Å²) >= 11 is 0. The molecule has 2 N–H and O–H groups in total. The monoisotopic (exact) mass is 548 g/mol. The van der Waals surface area contributed by atoms with Crippen molar-refractivity contribution >= 4 is 23.2 Å². The number of anilines is 2. The highest BCUT2D eigenvalue weighted by Crippen LogP contribution is 2.38. The van der Waals surface area contributed by atoms with Gasteiger partial charge in [0.2, 0.25) is 11.8 Å². The van der Waals surface area contributed by atoms with E-state index in [1.54, 1.807) is 0 Å². The maximum Gasteiger partial charge on any atom is 0.224 e. The summed E-state index contributed by atoms with van der Waals surface area (Å²) in [6.07, 6.45) is 2.86. The second-order valence-electron chi connectivity index (χ2n) is 13.5. The minimum absolute atomic E-state index is 0.0847. The van der Waals surface area contributed by atoms with Crippen LogP contribution < -0.4 is 10.6 Å². The fourth-order valence-electron chi connectivity index (χ4n) is 5.33. The molecule has 0 aliphatic carbocycles. The van der Waals surface area contributed by atoms with E-state index in [0.717, 1.165) is 24.2 Å². The third-order valence-corrected chi connectivity index (χ3v) is 7.65. The summed E-state index contributed by atoms with van der Waals surface area (Å²) in [5.74, 6) is 2.00. The first-order valence-electron chi connectivity index (χ1n) is 15.6. The van der Waals surface area contributed by atoms with E-state index in [0.29, 0.717) is 30.6 Å². The molecule has 0 aliphatic heterocycles. The zero-order valence-corrected chi connectivity index (χ0v) is 27.4. The Balaban J connectivity index is 2.63. The molecule has 2 amide bonds. The Kier molecular flexibility index (Phi) is 12.5. The van der Waals surface area contributed by atoms with Gasteiger partial charge in [0, 0.05) is 24.2 Å². The van der Waals surface area contributed by atoms with E-state index in [-0.39, 0.29) is 29.6 Å². The van der Waals surface area contributed by atoms with Crippen molar-refractivity contribution in [3.63, 3.8) is 0 Å². The zero-order chi connectivity index (χ0) is 30.3. The molecular weight excluding hydrogens is 492 g/mol. The molecule has 0 heterocycles. The molecule has 4 heteroatoms. The summed E-state index contributed by atoms with van der Waals surface area (Å²) in [6, 6.07) is 9.19. The topological polar surface area (TPSA) is 58.2 Å². The van der Waals surface area contributed by atoms with Crippen molar-refractivity contribution in [2.45, 2.75) is 132 Å². The molecule has 4 nitrogen and oxygen atoms in total. The molecule has 0 saturated carbocycles. The Morgan fingerprint density at radius 2 is 0.900 bits per heavy atom. The van der Waals surface area contributed by atoms with Gasteiger partial charge in [0.1, 0.15) is 0 Å². The van der Waals surface area contributed by atoms with E-state index in [9.17, 15) is 9.59 Å². The molecule has 40 heavy (non-hydrogen) atoms. The molecule has 222 valence electrons. The molecule has 0 radical (unpaired) electrons. The average Bonchev–Trinajstić information content (AvgIpc) is 2.83. The molecule has 0 bridgehead atoms. The molecule has 0 fully saturated rings. The fraction of sp³-hybridized carbons (Fsp3) is 0.611. The van der Waals surface area contributed by atoms with Crippen LogP contribution in [0.1, 0.15) is 159 Å². The second-order valence-corrected chi connectivity index (χ2v) is 13.5. The Bertz CT molecular complexity index is 1130. The lowest BCUT2D eigenvalue weighted by molar-refractivity contribution is -0.117. The highest BCUT2D eigenvalue weighted by atomic mass is 16.2. The number of amides is 2. The SMILES string of the molecule is CCC(C)c1cc(Cc2cc(C(C)C)c(NC(=O)CC(C)C)c(C(C)C)c2)cc(C(C)C)c1NC(=O)CC(C)C. The van der Waals surface area contributed by atoms with Crippen molar-refractivity contribution in [2.24, 2.45) is 11.8 Å². The summed E-state index contributed by atoms with van der Waals surface area (Å²) in [4.78, 5) is 25.7. The maximum absolute atomic E-state index is 12.9. The van der Waals surface area contributed by atoms with Gasteiger partial charge in [0.15, 0.2) is 0 Å². The number of hydrogen-bond donors (Lipinski definition) is 2. The fourth-order valence-corrected chi connectivity index (χ4v) is 5.33. The summed E-state index contributed by atoms with van der Waals surface area (Å²) < 4.78 is 0. The minimum Gasteiger partial charge on any atom is -0.326 e. The van der Waals surface area contributed by atoms with E-state index in [4.69, 9.17) is 0 Å². The Morgan fingerprint density at radius 1 is 0.575 bits per heavy atom. The number of nitrogens with one attached hydrogen (secondary N) is 2. The van der Waals surface area contributed by atoms with Crippen molar-refractivity contribution in [3.05, 3.63) is 57.6 Å². The minimum atomic E-state index is 0.0847. The zero-order valence-electron chi connectivity index (χ0n) is 27.4. The van der Waals surface area contributed by atoms with E-state index >= 15 is 0 Å². The first-order valence-corrected chi connectivity index (χ1v) is 15.6. The lowest BCUT2D eigenvalue weighted by atomic mass is 9.85. The van der Waals surface area contributed by atoms with Gasteiger partial charge in [-0.3, -0.25) is 9.59 Å². The molecule has 0 aliphatic rings. The van der Waals surface area contributed by atoms with Crippen LogP contribution in [0.4, 0.5) is 11.4 Å². The van der Waals surface area contributed by atoms with Crippen LogP contribution in [0.25, 0.3) is 0 Å². The number of carbonyl (C=O) groups is 2. The van der Waals surface area contributed by atoms with E-state index in [1.165, 1.54) is 33.4 Å². The number of hydrogen-bond acceptors (Lipinski definition) is 2. The Hall–Kier alpha value is -2.62. The van der Waals surface area contributed by atoms with E-state index in [2.05, 4.69) is 118 Å². The molecule has 1 atom stereocenters. The first-order chi connectivity index (χ1) is 18.6. The predicted molar refractivity (Wildman–Crippen MR) is 173 cm³/mol. The third-order valence-electron chi connectivity index (χ3n) is 7.65. The maximum atomic E-state index is 12.9. The highest BCUT2D eigenvalue weighted by Gasteiger charge is 2.22. The van der Waals surface area contributed by atoms with Crippen LogP contribution >= 0.6 is 0 Å². The summed E-state index contributed by atoms with van der Waals surface area (Å²) in [5.41, 5.74) is 9.35. The van der Waals surface area contributed by atoms with Gasteiger partial charge in [-0.15, -0.1) is 0 Å². The van der Waals surface area contributed by atoms with Crippen LogP contribution in [0, 0.1) is 11.8 Å². The van der Waals surface area contributed by atoms with Gasteiger partial charge in [-0.05, 0) is 81.7 Å². The normalized spacial score (nSPS) is 12.6. The smallest absolute Gasteiger partial charge is 0.224 e. The van der Waals surface area contributed by atoms with Crippen LogP contribution in [0.2, 0.25) is 0 Å². The third kappa shape index (κ3) is 9.21. The summed E-state index contributed by atoms with van der Waals surface area (Å²) in [6.45, 7) is 26.0. The van der Waals surface area contributed by atoms with Gasteiger partial charge in [0.05, 0.1) is 0 Å². The van der Waals surface area contributed by atoms with Crippen LogP contribution in [0.15, 0.2) is 24.3 Å². The number of carbonyl (C=O) groups excluding carboxylic acids is 2. The van der Waals surface area contributed by atoms with Crippen LogP contribution in [-0.2, 0) is 16.0 Å². The Morgan fingerprint density at radius 3 is 1.20 bits per heavy atom. The molecule has 1 unspecified atom stereocenters. The number of benzene rings is 2. The summed E-state index contributed by atoms with van der Waals surface area (Å²) in [5, 5.41) is 6.59. The van der Waals surface area contributed by atoms with Gasteiger partial charge >= 0.3 is 0 Å². The molecule has 0 aromatic heterocycles. The standard InChI is InChI=1S/C36H56N2O2/c1-13-26(12)32-20-28(19-31(25(10)11)36(32)38-34(40)15-22(4)5)16-27-17-29(23(6)7)35(30(18-27)24(8)9)37-33(39)14-21(2)3/h17-26H,13-16H2,1-12H3,(H,37,39)(H,38,40). The van der Waals surface area contributed by atoms with Gasteiger partial charge in [-0.1, -0.05) is 107 Å². The highest BCUT2D eigenvalue weighted by molar-refractivity contribution is 5.93. The second kappa shape index (κ2) is 14.8. The molecule has 0 spiro atoms. The van der Waals surface area contributed by atoms with Crippen LogP contribution in [0.3, 0.4) is 0 Å². The largest absolute Gasteiger partial charge is 0.326 e. The number of rotatable bonds is 13. The van der Waals surface area contributed by atoms with Crippen molar-refractivity contribution in [1.29, 1.82) is 0 Å². The molecule has 2 aromatic carbocycles. The lowest BCUT2D eigenvalue weighted by Gasteiger charge is -2.25. The lowest BCUT2D eigenvalue weighted by Crippen LogP contribution is -2.18. The van der Waals surface area contributed by atoms with Crippen molar-refractivity contribution in [2.75, 3.05) is 10.6 Å². The molecule has 2 rings (SSSR count). The van der Waals surface area contributed by atoms with Gasteiger partial charge in [-0.25, -0.2) is 0 Å². The van der Waals surface area contributed by atoms with Gasteiger partial charge in [0.25, 0.3) is 0 Å². The van der Waals surface area contributed by atoms with Crippen LogP contribution in [-0.4, -0.2) is 11.8 Å². The molecule has 0 saturated heterocycles. The van der Waals surface area contributed by atoms with Crippen molar-refractivity contribution < 1.29 is 9.59 Å². The molecule has 2 aromatic rings. The van der Waals surface area contributed by atoms with Gasteiger partial charge in [-0.2, -0.15) is 0 Å². The predicted octanol–water partition coefficient (Wildman–Crippen LogP) is 10.1. The van der Waals surface area contributed by atoms with Crippen molar-refractivity contribution in [1.82, 2.24) is 0 Å². The van der Waals surface area contributed by atoms with Crippen molar-refractivity contribution in [3.8, 4) is 0 Å². The van der Waals surface area contributed by atoms with Gasteiger partial charge < -0.3 is 10.6 Å².